The number of ketones is 1. The number of amides is 1. The minimum atomic E-state index is -0.231. The van der Waals surface area contributed by atoms with E-state index in [-0.39, 0.29) is 22.7 Å². The summed E-state index contributed by atoms with van der Waals surface area (Å²) >= 11 is 1.15. The molecule has 2 N–H and O–H groups in total. The summed E-state index contributed by atoms with van der Waals surface area (Å²) in [5.41, 5.74) is 5.51. The highest BCUT2D eigenvalue weighted by Crippen LogP contribution is 2.27. The van der Waals surface area contributed by atoms with E-state index in [9.17, 15) is 9.59 Å². The average molecular weight is 558 g/mol. The Morgan fingerprint density at radius 1 is 0.854 bits per heavy atom. The third-order valence-electron chi connectivity index (χ3n) is 6.19. The van der Waals surface area contributed by atoms with Gasteiger partial charge in [-0.2, -0.15) is 0 Å². The van der Waals surface area contributed by atoms with Crippen molar-refractivity contribution >= 4 is 46.2 Å². The fraction of sp³-hybridized carbons (Fsp3) is 0.0312. The summed E-state index contributed by atoms with van der Waals surface area (Å²) in [7, 11) is 0. The molecular formula is C32H23N5O3S. The smallest absolute Gasteiger partial charge is 0.277 e. The summed E-state index contributed by atoms with van der Waals surface area (Å²) in [6.07, 6.45) is 3.31. The van der Waals surface area contributed by atoms with Crippen molar-refractivity contribution in [1.29, 1.82) is 0 Å². The Bertz CT molecular complexity index is 1850. The first-order valence-electron chi connectivity index (χ1n) is 12.8. The van der Waals surface area contributed by atoms with Crippen molar-refractivity contribution < 1.29 is 14.0 Å². The number of benzene rings is 4. The van der Waals surface area contributed by atoms with Crippen LogP contribution in [0.5, 0.6) is 0 Å². The Morgan fingerprint density at radius 2 is 1.61 bits per heavy atom. The number of carbonyl (C=O) groups is 2. The summed E-state index contributed by atoms with van der Waals surface area (Å²) in [5.74, 6) is 0.879. The van der Waals surface area contributed by atoms with E-state index in [0.29, 0.717) is 17.1 Å². The Morgan fingerprint density at radius 3 is 2.39 bits per heavy atom. The Balaban J connectivity index is 1.03. The van der Waals surface area contributed by atoms with E-state index >= 15 is 0 Å². The van der Waals surface area contributed by atoms with Gasteiger partial charge < -0.3 is 14.7 Å². The number of rotatable bonds is 9. The van der Waals surface area contributed by atoms with Gasteiger partial charge in [-0.15, -0.1) is 10.2 Å². The maximum atomic E-state index is 12.5. The number of fused-ring (bicyclic) bond motifs is 1. The maximum Gasteiger partial charge on any atom is 0.277 e. The molecule has 0 saturated heterocycles. The van der Waals surface area contributed by atoms with Gasteiger partial charge >= 0.3 is 0 Å². The second-order valence-corrected chi connectivity index (χ2v) is 10.0. The molecule has 0 saturated carbocycles. The van der Waals surface area contributed by atoms with E-state index in [0.717, 1.165) is 45.3 Å². The van der Waals surface area contributed by atoms with Gasteiger partial charge in [0, 0.05) is 22.4 Å². The summed E-state index contributed by atoms with van der Waals surface area (Å²) in [6, 6.07) is 32.0. The highest BCUT2D eigenvalue weighted by Gasteiger charge is 2.14. The number of thioether (sulfide) groups is 1. The number of hydrogen-bond acceptors (Lipinski definition) is 7. The molecule has 0 radical (unpaired) electrons. The van der Waals surface area contributed by atoms with Crippen LogP contribution in [0.15, 0.2) is 119 Å². The Labute approximate surface area is 239 Å². The standard InChI is InChI=1S/C32H23N5O3S/c38-28(18-11-21-7-3-1-4-8-21)22-12-15-25(16-13-22)33-29(39)20-41-32-37-36-31(40-32)24-14-17-26-27(19-24)35-30(34-26)23-9-5-2-6-10-23/h1-19H,20H2,(H,33,39)(H,34,35)/b18-11+. The molecule has 4 aromatic carbocycles. The molecule has 0 bridgehead atoms. The number of carbonyl (C=O) groups excluding carboxylic acids is 2. The molecule has 0 aliphatic heterocycles. The molecule has 0 aliphatic carbocycles. The van der Waals surface area contributed by atoms with Gasteiger partial charge in [0.05, 0.1) is 16.8 Å². The number of nitrogens with zero attached hydrogens (tertiary/aromatic N) is 3. The number of nitrogens with one attached hydrogen (secondary N) is 2. The van der Waals surface area contributed by atoms with Crippen molar-refractivity contribution in [3.8, 4) is 22.8 Å². The summed E-state index contributed by atoms with van der Waals surface area (Å²) < 4.78 is 5.79. The van der Waals surface area contributed by atoms with Gasteiger partial charge in [0.15, 0.2) is 5.78 Å². The molecule has 6 rings (SSSR count). The highest BCUT2D eigenvalue weighted by molar-refractivity contribution is 7.99. The fourth-order valence-electron chi connectivity index (χ4n) is 4.13. The molecule has 9 heteroatoms. The quantitative estimate of drug-likeness (QED) is 0.113. The lowest BCUT2D eigenvalue weighted by Gasteiger charge is -2.04. The first-order chi connectivity index (χ1) is 20.1. The topological polar surface area (TPSA) is 114 Å². The summed E-state index contributed by atoms with van der Waals surface area (Å²) in [6.45, 7) is 0. The molecule has 41 heavy (non-hydrogen) atoms. The number of imidazole rings is 1. The molecule has 0 unspecified atom stereocenters. The minimum Gasteiger partial charge on any atom is -0.411 e. The Kier molecular flexibility index (Phi) is 7.51. The molecule has 2 aromatic heterocycles. The zero-order chi connectivity index (χ0) is 28.0. The van der Waals surface area contributed by atoms with Crippen molar-refractivity contribution in [2.45, 2.75) is 5.22 Å². The summed E-state index contributed by atoms with van der Waals surface area (Å²) in [5, 5.41) is 11.3. The van der Waals surface area contributed by atoms with Crippen LogP contribution in [0.25, 0.3) is 40.0 Å². The second-order valence-electron chi connectivity index (χ2n) is 9.08. The van der Waals surface area contributed by atoms with Crippen LogP contribution in [0.2, 0.25) is 0 Å². The fourth-order valence-corrected chi connectivity index (χ4v) is 4.70. The van der Waals surface area contributed by atoms with Gasteiger partial charge in [0.2, 0.25) is 11.8 Å². The molecular weight excluding hydrogens is 534 g/mol. The number of anilines is 1. The molecule has 1 amide bonds. The number of allylic oxidation sites excluding steroid dienone is 1. The lowest BCUT2D eigenvalue weighted by molar-refractivity contribution is -0.113. The van der Waals surface area contributed by atoms with Crippen molar-refractivity contribution in [2.75, 3.05) is 11.1 Å². The molecule has 0 atom stereocenters. The number of aromatic amines is 1. The first-order valence-corrected chi connectivity index (χ1v) is 13.8. The number of H-pyrrole nitrogens is 1. The van der Waals surface area contributed by atoms with Crippen molar-refractivity contribution in [3.63, 3.8) is 0 Å². The van der Waals surface area contributed by atoms with Crippen LogP contribution in [0.3, 0.4) is 0 Å². The molecule has 8 nitrogen and oxygen atoms in total. The SMILES string of the molecule is O=C(CSc1nnc(-c2ccc3nc(-c4ccccc4)[nH]c3c2)o1)Nc1ccc(C(=O)/C=C/c2ccccc2)cc1. The van der Waals surface area contributed by atoms with Crippen LogP contribution in [-0.4, -0.2) is 37.6 Å². The highest BCUT2D eigenvalue weighted by atomic mass is 32.2. The van der Waals surface area contributed by atoms with Crippen molar-refractivity contribution in [1.82, 2.24) is 20.2 Å². The predicted molar refractivity (Wildman–Crippen MR) is 160 cm³/mol. The van der Waals surface area contributed by atoms with E-state index in [2.05, 4.69) is 25.5 Å². The average Bonchev–Trinajstić information content (AvgIpc) is 3.67. The minimum absolute atomic E-state index is 0.0855. The largest absolute Gasteiger partial charge is 0.411 e. The molecule has 0 fully saturated rings. The maximum absolute atomic E-state index is 12.5. The van der Waals surface area contributed by atoms with Gasteiger partial charge in [-0.25, -0.2) is 4.98 Å². The van der Waals surface area contributed by atoms with E-state index < -0.39 is 0 Å². The van der Waals surface area contributed by atoms with Gasteiger partial charge in [-0.05, 0) is 54.1 Å². The third-order valence-corrected chi connectivity index (χ3v) is 7.01. The van der Waals surface area contributed by atoms with Crippen LogP contribution in [0.1, 0.15) is 15.9 Å². The first kappa shape index (κ1) is 26.0. The van der Waals surface area contributed by atoms with E-state index in [1.165, 1.54) is 6.08 Å². The lowest BCUT2D eigenvalue weighted by atomic mass is 10.1. The van der Waals surface area contributed by atoms with Crippen LogP contribution in [0.4, 0.5) is 5.69 Å². The van der Waals surface area contributed by atoms with Crippen LogP contribution >= 0.6 is 11.8 Å². The molecule has 2 heterocycles. The van der Waals surface area contributed by atoms with Gasteiger partial charge in [-0.3, -0.25) is 9.59 Å². The zero-order valence-electron chi connectivity index (χ0n) is 21.7. The van der Waals surface area contributed by atoms with E-state index in [4.69, 9.17) is 4.42 Å². The lowest BCUT2D eigenvalue weighted by Crippen LogP contribution is -2.14. The Hall–Kier alpha value is -5.28. The van der Waals surface area contributed by atoms with Gasteiger partial charge in [-0.1, -0.05) is 78.5 Å². The monoisotopic (exact) mass is 557 g/mol. The normalized spacial score (nSPS) is 11.2. The van der Waals surface area contributed by atoms with Crippen molar-refractivity contribution in [3.05, 3.63) is 120 Å². The number of aromatic nitrogens is 4. The number of hydrogen-bond donors (Lipinski definition) is 2. The van der Waals surface area contributed by atoms with Crippen LogP contribution in [0, 0.1) is 0 Å². The van der Waals surface area contributed by atoms with Gasteiger partial charge in [0.1, 0.15) is 5.82 Å². The van der Waals surface area contributed by atoms with Crippen LogP contribution < -0.4 is 5.32 Å². The second kappa shape index (κ2) is 11.8. The summed E-state index contributed by atoms with van der Waals surface area (Å²) in [4.78, 5) is 32.9. The molecule has 6 aromatic rings. The third kappa shape index (κ3) is 6.32. The molecule has 0 aliphatic rings. The van der Waals surface area contributed by atoms with E-state index in [1.807, 2.05) is 78.9 Å². The van der Waals surface area contributed by atoms with E-state index in [1.54, 1.807) is 30.3 Å². The van der Waals surface area contributed by atoms with Gasteiger partial charge in [0.25, 0.3) is 5.22 Å². The zero-order valence-corrected chi connectivity index (χ0v) is 22.5. The molecule has 0 spiro atoms. The predicted octanol–water partition coefficient (Wildman–Crippen LogP) is 6.91. The molecule has 200 valence electrons. The van der Waals surface area contributed by atoms with Crippen LogP contribution in [-0.2, 0) is 4.79 Å². The van der Waals surface area contributed by atoms with Crippen molar-refractivity contribution in [2.24, 2.45) is 0 Å².